The molecular formula is C33H46N2O8. The Morgan fingerprint density at radius 3 is 1.86 bits per heavy atom. The number of ketones is 1. The van der Waals surface area contributed by atoms with Crippen molar-refractivity contribution in [2.45, 2.75) is 59.9 Å². The number of carbonyl (C=O) groups excluding carboxylic acids is 3. The van der Waals surface area contributed by atoms with E-state index in [2.05, 4.69) is 0 Å². The van der Waals surface area contributed by atoms with E-state index < -0.39 is 52.0 Å². The molecule has 0 aromatic heterocycles. The van der Waals surface area contributed by atoms with E-state index in [1.54, 1.807) is 77.9 Å². The van der Waals surface area contributed by atoms with Crippen molar-refractivity contribution in [3.05, 3.63) is 59.7 Å². The molecule has 2 rings (SSSR count). The first-order valence-electron chi connectivity index (χ1n) is 14.2. The number of esters is 2. The van der Waals surface area contributed by atoms with Gasteiger partial charge in [-0.1, -0.05) is 58.0 Å². The number of rotatable bonds is 15. The number of carboxylic acids is 1. The molecule has 0 aliphatic carbocycles. The fraction of sp³-hybridized carbons (Fsp3) is 0.515. The zero-order valence-corrected chi connectivity index (χ0v) is 26.4. The maximum absolute atomic E-state index is 14.2. The van der Waals surface area contributed by atoms with Crippen LogP contribution in [0.5, 0.6) is 11.5 Å². The van der Waals surface area contributed by atoms with Gasteiger partial charge in [-0.05, 0) is 49.7 Å². The van der Waals surface area contributed by atoms with E-state index in [1.807, 2.05) is 0 Å². The molecule has 236 valence electrons. The van der Waals surface area contributed by atoms with E-state index in [0.717, 1.165) is 0 Å². The van der Waals surface area contributed by atoms with Crippen LogP contribution >= 0.6 is 0 Å². The van der Waals surface area contributed by atoms with E-state index >= 15 is 0 Å². The first kappa shape index (κ1) is 35.4. The van der Waals surface area contributed by atoms with E-state index in [-0.39, 0.29) is 36.5 Å². The maximum Gasteiger partial charge on any atom is 0.314 e. The molecular weight excluding hydrogens is 552 g/mol. The van der Waals surface area contributed by atoms with Gasteiger partial charge in [0.15, 0.2) is 5.78 Å². The fourth-order valence-corrected chi connectivity index (χ4v) is 5.39. The average molecular weight is 599 g/mol. The van der Waals surface area contributed by atoms with E-state index in [0.29, 0.717) is 11.3 Å². The lowest BCUT2D eigenvalue weighted by molar-refractivity contribution is -0.154. The lowest BCUT2D eigenvalue weighted by Gasteiger charge is -2.42. The number of hydrogen-bond acceptors (Lipinski definition) is 9. The zero-order valence-electron chi connectivity index (χ0n) is 26.4. The summed E-state index contributed by atoms with van der Waals surface area (Å²) in [6.07, 6.45) is 0.186. The Morgan fingerprint density at radius 1 is 0.814 bits per heavy atom. The quantitative estimate of drug-likeness (QED) is 0.151. The van der Waals surface area contributed by atoms with Gasteiger partial charge < -0.3 is 30.8 Å². The van der Waals surface area contributed by atoms with Gasteiger partial charge >= 0.3 is 17.9 Å². The van der Waals surface area contributed by atoms with Crippen LogP contribution in [0.25, 0.3) is 0 Å². The third-order valence-corrected chi connectivity index (χ3v) is 8.23. The molecule has 0 fully saturated rings. The topological polar surface area (TPSA) is 168 Å². The van der Waals surface area contributed by atoms with Crippen LogP contribution in [0.1, 0.15) is 70.3 Å². The minimum atomic E-state index is -1.09. The van der Waals surface area contributed by atoms with Crippen molar-refractivity contribution < 1.29 is 38.5 Å². The van der Waals surface area contributed by atoms with Gasteiger partial charge in [0.05, 0.1) is 37.5 Å². The summed E-state index contributed by atoms with van der Waals surface area (Å²) >= 11 is 0. The van der Waals surface area contributed by atoms with E-state index in [9.17, 15) is 24.3 Å². The molecule has 0 saturated heterocycles. The summed E-state index contributed by atoms with van der Waals surface area (Å²) in [7, 11) is 2.73. The molecule has 0 saturated carbocycles. The second-order valence-corrected chi connectivity index (χ2v) is 12.9. The molecule has 2 aromatic rings. The zero-order chi connectivity index (χ0) is 32.8. The van der Waals surface area contributed by atoms with Crippen LogP contribution in [0, 0.1) is 28.6 Å². The Hall–Kier alpha value is -3.76. The maximum atomic E-state index is 14.2. The van der Waals surface area contributed by atoms with Crippen LogP contribution in [-0.2, 0) is 19.1 Å². The van der Waals surface area contributed by atoms with Gasteiger partial charge in [0.25, 0.3) is 0 Å². The van der Waals surface area contributed by atoms with Crippen LogP contribution in [0.4, 0.5) is 0 Å². The standard InChI is InChI=1S/C33H46N2O8/c1-31(2,18-24(29(39)42-8)33(5,6)35)23(17-32(3,4)25(19-34)28(37)38)30(40)43-26-16-21(41-7)14-15-22(26)27(36)20-12-10-9-11-13-20/h9-16,23-25H,17-19,34-35H2,1-8H3,(H,37,38). The highest BCUT2D eigenvalue weighted by atomic mass is 16.5. The van der Waals surface area contributed by atoms with Gasteiger partial charge in [0.2, 0.25) is 0 Å². The summed E-state index contributed by atoms with van der Waals surface area (Å²) in [5, 5.41) is 9.89. The molecule has 0 aliphatic heterocycles. The van der Waals surface area contributed by atoms with E-state index in [4.69, 9.17) is 25.7 Å². The Labute approximate surface area is 254 Å². The molecule has 0 heterocycles. The summed E-state index contributed by atoms with van der Waals surface area (Å²) in [4.78, 5) is 52.5. The molecule has 0 bridgehead atoms. The Kier molecular flexibility index (Phi) is 11.7. The van der Waals surface area contributed by atoms with Crippen LogP contribution in [0.2, 0.25) is 0 Å². The lowest BCUT2D eigenvalue weighted by Crippen LogP contribution is -2.50. The Bertz CT molecular complexity index is 1300. The normalized spacial score (nSPS) is 14.3. The summed E-state index contributed by atoms with van der Waals surface area (Å²) in [5.74, 6) is -5.01. The molecule has 43 heavy (non-hydrogen) atoms. The SMILES string of the molecule is COC(=O)C(CC(C)(C)C(CC(C)(C)C(CN)C(=O)O)C(=O)Oc1cc(OC)ccc1C(=O)c1ccccc1)C(C)(C)N. The van der Waals surface area contributed by atoms with E-state index in [1.165, 1.54) is 26.4 Å². The highest BCUT2D eigenvalue weighted by Crippen LogP contribution is 2.46. The third kappa shape index (κ3) is 8.87. The lowest BCUT2D eigenvalue weighted by atomic mass is 9.62. The van der Waals surface area contributed by atoms with Crippen molar-refractivity contribution in [3.8, 4) is 11.5 Å². The first-order valence-corrected chi connectivity index (χ1v) is 14.2. The van der Waals surface area contributed by atoms with Gasteiger partial charge in [-0.2, -0.15) is 0 Å². The minimum Gasteiger partial charge on any atom is -0.497 e. The minimum absolute atomic E-state index is 0.00547. The van der Waals surface area contributed by atoms with Crippen molar-refractivity contribution in [2.24, 2.45) is 40.1 Å². The average Bonchev–Trinajstić information content (AvgIpc) is 2.93. The van der Waals surface area contributed by atoms with Crippen molar-refractivity contribution >= 4 is 23.7 Å². The number of nitrogens with two attached hydrogens (primary N) is 2. The molecule has 0 amide bonds. The first-order chi connectivity index (χ1) is 19.9. The number of methoxy groups -OCH3 is 2. The molecule has 0 aliphatic rings. The second-order valence-electron chi connectivity index (χ2n) is 12.9. The summed E-state index contributed by atoms with van der Waals surface area (Å²) in [5.41, 5.74) is 9.88. The number of hydrogen-bond donors (Lipinski definition) is 3. The number of benzene rings is 2. The number of aliphatic carboxylic acids is 1. The van der Waals surface area contributed by atoms with Crippen molar-refractivity contribution in [1.82, 2.24) is 0 Å². The fourth-order valence-electron chi connectivity index (χ4n) is 5.39. The predicted octanol–water partition coefficient (Wildman–Crippen LogP) is 4.47. The second kappa shape index (κ2) is 14.1. The summed E-state index contributed by atoms with van der Waals surface area (Å²) in [6.45, 7) is 10.3. The monoisotopic (exact) mass is 598 g/mol. The molecule has 3 unspecified atom stereocenters. The van der Waals surface area contributed by atoms with Gasteiger partial charge in [0, 0.05) is 23.7 Å². The molecule has 0 spiro atoms. The molecule has 2 aromatic carbocycles. The smallest absolute Gasteiger partial charge is 0.314 e. The number of ether oxygens (including phenoxy) is 3. The van der Waals surface area contributed by atoms with Gasteiger partial charge in [0.1, 0.15) is 11.5 Å². The van der Waals surface area contributed by atoms with Gasteiger partial charge in [-0.15, -0.1) is 0 Å². The highest BCUT2D eigenvalue weighted by Gasteiger charge is 2.48. The number of carboxylic acid groups (broad SMARTS) is 1. The molecule has 0 radical (unpaired) electrons. The Balaban J connectivity index is 2.64. The molecule has 5 N–H and O–H groups in total. The van der Waals surface area contributed by atoms with Crippen molar-refractivity contribution in [1.29, 1.82) is 0 Å². The van der Waals surface area contributed by atoms with Crippen LogP contribution in [-0.4, -0.2) is 55.1 Å². The molecule has 10 nitrogen and oxygen atoms in total. The number of carbonyl (C=O) groups is 4. The van der Waals surface area contributed by atoms with Crippen molar-refractivity contribution in [2.75, 3.05) is 20.8 Å². The summed E-state index contributed by atoms with van der Waals surface area (Å²) in [6, 6.07) is 13.2. The van der Waals surface area contributed by atoms with Crippen molar-refractivity contribution in [3.63, 3.8) is 0 Å². The van der Waals surface area contributed by atoms with Crippen LogP contribution < -0.4 is 20.9 Å². The largest absolute Gasteiger partial charge is 0.497 e. The predicted molar refractivity (Wildman–Crippen MR) is 163 cm³/mol. The molecule has 3 atom stereocenters. The molecule has 10 heteroatoms. The summed E-state index contributed by atoms with van der Waals surface area (Å²) < 4.78 is 16.4. The highest BCUT2D eigenvalue weighted by molar-refractivity contribution is 6.11. The third-order valence-electron chi connectivity index (χ3n) is 8.23. The van der Waals surface area contributed by atoms with Crippen LogP contribution in [0.15, 0.2) is 48.5 Å². The van der Waals surface area contributed by atoms with Crippen LogP contribution in [0.3, 0.4) is 0 Å². The Morgan fingerprint density at radius 2 is 1.37 bits per heavy atom. The van der Waals surface area contributed by atoms with Gasteiger partial charge in [-0.3, -0.25) is 19.2 Å². The van der Waals surface area contributed by atoms with Gasteiger partial charge in [-0.25, -0.2) is 0 Å².